The summed E-state index contributed by atoms with van der Waals surface area (Å²) in [5.41, 5.74) is 0.586. The molecule has 0 aromatic heterocycles. The molecule has 2 unspecified atom stereocenters. The lowest BCUT2D eigenvalue weighted by atomic mass is 9.85. The predicted molar refractivity (Wildman–Crippen MR) is 69.7 cm³/mol. The minimum Gasteiger partial charge on any atom is -0.310 e. The fourth-order valence-electron chi connectivity index (χ4n) is 3.23. The predicted octanol–water partition coefficient (Wildman–Crippen LogP) is 2.64. The maximum absolute atomic E-state index is 3.88. The van der Waals surface area contributed by atoms with Gasteiger partial charge in [0.05, 0.1) is 0 Å². The molecule has 2 nitrogen and oxygen atoms in total. The summed E-state index contributed by atoms with van der Waals surface area (Å²) in [6.07, 6.45) is 8.34. The second-order valence-electron chi connectivity index (χ2n) is 6.71. The Kier molecular flexibility index (Phi) is 3.91. The maximum atomic E-state index is 3.88. The fraction of sp³-hybridized carbons (Fsp3) is 1.00. The van der Waals surface area contributed by atoms with E-state index in [-0.39, 0.29) is 0 Å². The van der Waals surface area contributed by atoms with Crippen LogP contribution in [0.5, 0.6) is 0 Å². The minimum absolute atomic E-state index is 0.586. The number of rotatable bonds is 2. The summed E-state index contributed by atoms with van der Waals surface area (Å²) in [6, 6.07) is 1.55. The Bertz CT molecular complexity index is 225. The second-order valence-corrected chi connectivity index (χ2v) is 6.71. The van der Waals surface area contributed by atoms with E-state index in [4.69, 9.17) is 0 Å². The fourth-order valence-corrected chi connectivity index (χ4v) is 3.23. The molecule has 1 aliphatic heterocycles. The highest BCUT2D eigenvalue weighted by atomic mass is 15.2. The summed E-state index contributed by atoms with van der Waals surface area (Å²) >= 11 is 0. The van der Waals surface area contributed by atoms with E-state index < -0.39 is 0 Å². The summed E-state index contributed by atoms with van der Waals surface area (Å²) in [5.74, 6) is 0. The summed E-state index contributed by atoms with van der Waals surface area (Å²) in [4.78, 5) is 2.44. The van der Waals surface area contributed by atoms with Gasteiger partial charge in [-0.1, -0.05) is 20.3 Å². The van der Waals surface area contributed by atoms with Crippen LogP contribution in [0.4, 0.5) is 0 Å². The third-order valence-electron chi connectivity index (χ3n) is 4.44. The number of hydrogen-bond donors (Lipinski definition) is 1. The molecule has 1 aliphatic carbocycles. The molecular weight excluding hydrogens is 196 g/mol. The first kappa shape index (κ1) is 12.4. The molecule has 1 saturated heterocycles. The van der Waals surface area contributed by atoms with Gasteiger partial charge in [0.2, 0.25) is 0 Å². The molecule has 2 atom stereocenters. The summed E-state index contributed by atoms with van der Waals surface area (Å²) in [6.45, 7) is 7.38. The third kappa shape index (κ3) is 3.46. The van der Waals surface area contributed by atoms with E-state index in [2.05, 4.69) is 31.1 Å². The Labute approximate surface area is 101 Å². The van der Waals surface area contributed by atoms with Crippen LogP contribution in [-0.2, 0) is 0 Å². The van der Waals surface area contributed by atoms with Crippen LogP contribution in [0.3, 0.4) is 0 Å². The highest BCUT2D eigenvalue weighted by Gasteiger charge is 2.27. The lowest BCUT2D eigenvalue weighted by Crippen LogP contribution is -2.39. The van der Waals surface area contributed by atoms with Gasteiger partial charge in [-0.3, -0.25) is 0 Å². The van der Waals surface area contributed by atoms with Crippen LogP contribution in [-0.4, -0.2) is 37.1 Å². The molecule has 2 fully saturated rings. The molecule has 94 valence electrons. The molecule has 1 heterocycles. The molecule has 16 heavy (non-hydrogen) atoms. The SMILES string of the molecule is CN1CCC(NC2CCCC(C)(C)CC2)C1. The van der Waals surface area contributed by atoms with Crippen molar-refractivity contribution in [3.63, 3.8) is 0 Å². The van der Waals surface area contributed by atoms with Crippen molar-refractivity contribution in [2.24, 2.45) is 5.41 Å². The highest BCUT2D eigenvalue weighted by Crippen LogP contribution is 2.34. The first-order chi connectivity index (χ1) is 7.55. The van der Waals surface area contributed by atoms with E-state index >= 15 is 0 Å². The Balaban J connectivity index is 1.77. The number of likely N-dealkylation sites (N-methyl/N-ethyl adjacent to an activating group) is 1. The van der Waals surface area contributed by atoms with Gasteiger partial charge in [-0.25, -0.2) is 0 Å². The third-order valence-corrected chi connectivity index (χ3v) is 4.44. The monoisotopic (exact) mass is 224 g/mol. The molecule has 0 aromatic carbocycles. The molecule has 0 radical (unpaired) electrons. The molecule has 0 bridgehead atoms. The Hall–Kier alpha value is -0.0800. The zero-order valence-corrected chi connectivity index (χ0v) is 11.3. The van der Waals surface area contributed by atoms with Crippen LogP contribution >= 0.6 is 0 Å². The van der Waals surface area contributed by atoms with Crippen molar-refractivity contribution in [2.45, 2.75) is 64.5 Å². The van der Waals surface area contributed by atoms with Crippen molar-refractivity contribution >= 4 is 0 Å². The molecule has 0 amide bonds. The van der Waals surface area contributed by atoms with Gasteiger partial charge < -0.3 is 10.2 Å². The van der Waals surface area contributed by atoms with Gasteiger partial charge in [0.25, 0.3) is 0 Å². The van der Waals surface area contributed by atoms with Crippen molar-refractivity contribution in [1.29, 1.82) is 0 Å². The first-order valence-corrected chi connectivity index (χ1v) is 7.00. The van der Waals surface area contributed by atoms with Gasteiger partial charge >= 0.3 is 0 Å². The zero-order valence-electron chi connectivity index (χ0n) is 11.3. The second kappa shape index (κ2) is 5.05. The summed E-state index contributed by atoms with van der Waals surface area (Å²) in [7, 11) is 2.23. The Morgan fingerprint density at radius 3 is 2.56 bits per heavy atom. The van der Waals surface area contributed by atoms with E-state index in [0.29, 0.717) is 5.41 Å². The van der Waals surface area contributed by atoms with Gasteiger partial charge in [-0.2, -0.15) is 0 Å². The average Bonchev–Trinajstić information content (AvgIpc) is 2.52. The van der Waals surface area contributed by atoms with Crippen LogP contribution < -0.4 is 5.32 Å². The molecule has 1 saturated carbocycles. The molecule has 0 spiro atoms. The average molecular weight is 224 g/mol. The quantitative estimate of drug-likeness (QED) is 0.725. The van der Waals surface area contributed by atoms with E-state index in [1.807, 2.05) is 0 Å². The van der Waals surface area contributed by atoms with Crippen molar-refractivity contribution in [3.8, 4) is 0 Å². The van der Waals surface area contributed by atoms with Crippen molar-refractivity contribution < 1.29 is 0 Å². The van der Waals surface area contributed by atoms with Gasteiger partial charge in [0.1, 0.15) is 0 Å². The van der Waals surface area contributed by atoms with Crippen LogP contribution in [0.15, 0.2) is 0 Å². The van der Waals surface area contributed by atoms with Crippen molar-refractivity contribution in [3.05, 3.63) is 0 Å². The topological polar surface area (TPSA) is 15.3 Å². The molecule has 0 aromatic rings. The Morgan fingerprint density at radius 1 is 1.06 bits per heavy atom. The lowest BCUT2D eigenvalue weighted by molar-refractivity contribution is 0.306. The smallest absolute Gasteiger partial charge is 0.0209 e. The van der Waals surface area contributed by atoms with Crippen LogP contribution in [0.2, 0.25) is 0 Å². The summed E-state index contributed by atoms with van der Waals surface area (Å²) < 4.78 is 0. The lowest BCUT2D eigenvalue weighted by Gasteiger charge is -2.23. The maximum Gasteiger partial charge on any atom is 0.0209 e. The number of hydrogen-bond acceptors (Lipinski definition) is 2. The number of nitrogens with zero attached hydrogens (tertiary/aromatic N) is 1. The van der Waals surface area contributed by atoms with Gasteiger partial charge in [-0.05, 0) is 51.1 Å². The summed E-state index contributed by atoms with van der Waals surface area (Å²) in [5, 5.41) is 3.88. The van der Waals surface area contributed by atoms with E-state index in [0.717, 1.165) is 12.1 Å². The van der Waals surface area contributed by atoms with Crippen LogP contribution in [0.1, 0.15) is 52.4 Å². The molecule has 2 heteroatoms. The molecule has 2 rings (SSSR count). The number of likely N-dealkylation sites (tertiary alicyclic amines) is 1. The highest BCUT2D eigenvalue weighted by molar-refractivity contribution is 4.85. The Morgan fingerprint density at radius 2 is 1.88 bits per heavy atom. The standard InChI is InChI=1S/C14H28N2/c1-14(2)8-4-5-12(6-9-14)15-13-7-10-16(3)11-13/h12-13,15H,4-11H2,1-3H3. The number of nitrogens with one attached hydrogen (secondary N) is 1. The van der Waals surface area contributed by atoms with E-state index in [9.17, 15) is 0 Å². The van der Waals surface area contributed by atoms with Crippen LogP contribution in [0, 0.1) is 5.41 Å². The largest absolute Gasteiger partial charge is 0.310 e. The van der Waals surface area contributed by atoms with Gasteiger partial charge in [-0.15, -0.1) is 0 Å². The van der Waals surface area contributed by atoms with Gasteiger partial charge in [0, 0.05) is 18.6 Å². The van der Waals surface area contributed by atoms with Crippen molar-refractivity contribution in [2.75, 3.05) is 20.1 Å². The van der Waals surface area contributed by atoms with E-state index in [1.165, 1.54) is 51.6 Å². The minimum atomic E-state index is 0.586. The normalized spacial score (nSPS) is 36.2. The first-order valence-electron chi connectivity index (χ1n) is 7.00. The van der Waals surface area contributed by atoms with Crippen LogP contribution in [0.25, 0.3) is 0 Å². The van der Waals surface area contributed by atoms with E-state index in [1.54, 1.807) is 0 Å². The molecule has 1 N–H and O–H groups in total. The zero-order chi connectivity index (χ0) is 11.6. The van der Waals surface area contributed by atoms with Crippen molar-refractivity contribution in [1.82, 2.24) is 10.2 Å². The van der Waals surface area contributed by atoms with Gasteiger partial charge in [0.15, 0.2) is 0 Å². The molecule has 2 aliphatic rings. The molecular formula is C14H28N2.